The first kappa shape index (κ1) is 15.9. The van der Waals surface area contributed by atoms with Crippen molar-refractivity contribution in [3.63, 3.8) is 0 Å². The Labute approximate surface area is 142 Å². The summed E-state index contributed by atoms with van der Waals surface area (Å²) >= 11 is 0. The van der Waals surface area contributed by atoms with Crippen molar-refractivity contribution in [2.24, 2.45) is 0 Å². The van der Waals surface area contributed by atoms with Crippen LogP contribution in [0.5, 0.6) is 5.75 Å². The van der Waals surface area contributed by atoms with E-state index in [0.717, 1.165) is 30.0 Å². The number of carbonyl (C=O) groups excluding carboxylic acids is 1. The minimum absolute atomic E-state index is 0.00609. The van der Waals surface area contributed by atoms with E-state index in [4.69, 9.17) is 4.74 Å². The second kappa shape index (κ2) is 5.47. The molecule has 1 amide bonds. The van der Waals surface area contributed by atoms with Crippen LogP contribution in [-0.2, 0) is 11.6 Å². The second-order valence-electron chi connectivity index (χ2n) is 6.47. The van der Waals surface area contributed by atoms with Crippen LogP contribution in [0.25, 0.3) is 0 Å². The average Bonchev–Trinajstić information content (AvgIpc) is 3.20. The molecule has 0 radical (unpaired) electrons. The average molecular weight is 348 g/mol. The van der Waals surface area contributed by atoms with Crippen molar-refractivity contribution in [1.82, 2.24) is 9.88 Å². The van der Waals surface area contributed by atoms with Gasteiger partial charge in [-0.15, -0.1) is 0 Å². The van der Waals surface area contributed by atoms with Crippen LogP contribution in [0.4, 0.5) is 13.2 Å². The Morgan fingerprint density at radius 1 is 1.24 bits per heavy atom. The topological polar surface area (TPSA) is 42.4 Å². The Kier molecular flexibility index (Phi) is 3.49. The van der Waals surface area contributed by atoms with Gasteiger partial charge >= 0.3 is 6.18 Å². The van der Waals surface area contributed by atoms with Crippen molar-refractivity contribution < 1.29 is 22.7 Å². The van der Waals surface area contributed by atoms with Crippen molar-refractivity contribution in [1.29, 1.82) is 0 Å². The molecule has 0 saturated carbocycles. The highest BCUT2D eigenvalue weighted by molar-refractivity contribution is 5.94. The fourth-order valence-corrected chi connectivity index (χ4v) is 3.61. The van der Waals surface area contributed by atoms with E-state index >= 15 is 0 Å². The summed E-state index contributed by atoms with van der Waals surface area (Å²) in [5.41, 5.74) is -0.254. The Balaban J connectivity index is 1.58. The number of aromatic nitrogens is 1. The molecule has 0 bridgehead atoms. The van der Waals surface area contributed by atoms with E-state index in [1.165, 1.54) is 6.07 Å². The van der Waals surface area contributed by atoms with E-state index in [1.807, 2.05) is 24.3 Å². The van der Waals surface area contributed by atoms with Crippen LogP contribution in [0.15, 0.2) is 42.6 Å². The lowest BCUT2D eigenvalue weighted by Crippen LogP contribution is -2.35. The molecule has 1 saturated heterocycles. The maximum Gasteiger partial charge on any atom is 0.433 e. The van der Waals surface area contributed by atoms with Crippen LogP contribution >= 0.6 is 0 Å². The zero-order valence-corrected chi connectivity index (χ0v) is 13.2. The van der Waals surface area contributed by atoms with Crippen molar-refractivity contribution in [2.45, 2.75) is 18.0 Å². The monoisotopic (exact) mass is 348 g/mol. The van der Waals surface area contributed by atoms with Crippen LogP contribution in [0.3, 0.4) is 0 Å². The maximum absolute atomic E-state index is 12.8. The summed E-state index contributed by atoms with van der Waals surface area (Å²) in [4.78, 5) is 17.6. The van der Waals surface area contributed by atoms with E-state index in [1.54, 1.807) is 4.90 Å². The molecule has 4 rings (SSSR count). The molecule has 1 unspecified atom stereocenters. The smallest absolute Gasteiger partial charge is 0.433 e. The first-order valence-corrected chi connectivity index (χ1v) is 7.94. The molecule has 1 aromatic heterocycles. The third-order valence-corrected chi connectivity index (χ3v) is 4.90. The number of carbonyl (C=O) groups is 1. The summed E-state index contributed by atoms with van der Waals surface area (Å²) in [5, 5.41) is 0. The third kappa shape index (κ3) is 2.63. The molecule has 1 fully saturated rings. The second-order valence-corrected chi connectivity index (χ2v) is 6.47. The predicted molar refractivity (Wildman–Crippen MR) is 83.4 cm³/mol. The van der Waals surface area contributed by atoms with Gasteiger partial charge in [0.05, 0.1) is 12.0 Å². The van der Waals surface area contributed by atoms with Gasteiger partial charge in [-0.2, -0.15) is 13.2 Å². The number of likely N-dealkylation sites (tertiary alicyclic amines) is 1. The summed E-state index contributed by atoms with van der Waals surface area (Å²) in [5.74, 6) is 0.411. The summed E-state index contributed by atoms with van der Waals surface area (Å²) in [6.45, 7) is 1.41. The molecule has 1 atom stereocenters. The van der Waals surface area contributed by atoms with Gasteiger partial charge in [-0.05, 0) is 24.6 Å². The number of pyridine rings is 1. The van der Waals surface area contributed by atoms with Gasteiger partial charge in [0.25, 0.3) is 5.91 Å². The third-order valence-electron chi connectivity index (χ3n) is 4.90. The van der Waals surface area contributed by atoms with Crippen molar-refractivity contribution in [3.05, 3.63) is 59.4 Å². The lowest BCUT2D eigenvalue weighted by molar-refractivity contribution is -0.141. The summed E-state index contributed by atoms with van der Waals surface area (Å²) < 4.78 is 44.2. The molecular formula is C18H15F3N2O2. The van der Waals surface area contributed by atoms with E-state index in [0.29, 0.717) is 19.7 Å². The van der Waals surface area contributed by atoms with Crippen molar-refractivity contribution in [3.8, 4) is 5.75 Å². The maximum atomic E-state index is 12.8. The number of ether oxygens (including phenoxy) is 1. The molecule has 2 aliphatic rings. The number of fused-ring (bicyclic) bond motifs is 2. The predicted octanol–water partition coefficient (Wildman–Crippen LogP) is 3.28. The number of hydrogen-bond donors (Lipinski definition) is 0. The molecule has 3 heterocycles. The van der Waals surface area contributed by atoms with Gasteiger partial charge in [0.15, 0.2) is 0 Å². The minimum Gasteiger partial charge on any atom is -0.492 e. The lowest BCUT2D eigenvalue weighted by atomic mass is 9.82. The van der Waals surface area contributed by atoms with E-state index in [2.05, 4.69) is 4.98 Å². The largest absolute Gasteiger partial charge is 0.492 e. The molecule has 1 spiro atoms. The minimum atomic E-state index is -4.57. The highest BCUT2D eigenvalue weighted by Gasteiger charge is 2.47. The van der Waals surface area contributed by atoms with Crippen LogP contribution in [0, 0.1) is 0 Å². The molecule has 0 N–H and O–H groups in total. The van der Waals surface area contributed by atoms with E-state index < -0.39 is 17.8 Å². The Morgan fingerprint density at radius 3 is 2.84 bits per heavy atom. The quantitative estimate of drug-likeness (QED) is 0.794. The van der Waals surface area contributed by atoms with Gasteiger partial charge in [0, 0.05) is 30.4 Å². The number of benzene rings is 1. The number of hydrogen-bond acceptors (Lipinski definition) is 3. The molecular weight excluding hydrogens is 333 g/mol. The van der Waals surface area contributed by atoms with Gasteiger partial charge < -0.3 is 9.64 Å². The SMILES string of the molecule is O=C(c1ccnc(C(F)(F)F)c1)N1CCC2(COc3ccccc32)C1. The summed E-state index contributed by atoms with van der Waals surface area (Å²) in [6.07, 6.45) is -2.82. The Hall–Kier alpha value is -2.57. The van der Waals surface area contributed by atoms with Crippen LogP contribution < -0.4 is 4.74 Å². The van der Waals surface area contributed by atoms with E-state index in [9.17, 15) is 18.0 Å². The number of rotatable bonds is 1. The number of para-hydroxylation sites is 1. The Morgan fingerprint density at radius 2 is 2.04 bits per heavy atom. The fourth-order valence-electron chi connectivity index (χ4n) is 3.61. The van der Waals surface area contributed by atoms with E-state index in [-0.39, 0.29) is 11.0 Å². The molecule has 0 aliphatic carbocycles. The first-order valence-electron chi connectivity index (χ1n) is 7.94. The number of halogens is 3. The van der Waals surface area contributed by atoms with Gasteiger partial charge in [0.1, 0.15) is 11.4 Å². The van der Waals surface area contributed by atoms with Gasteiger partial charge in [0.2, 0.25) is 0 Å². The van der Waals surface area contributed by atoms with Gasteiger partial charge in [-0.25, -0.2) is 0 Å². The highest BCUT2D eigenvalue weighted by Crippen LogP contribution is 2.44. The number of alkyl halides is 3. The first-order chi connectivity index (χ1) is 11.9. The van der Waals surface area contributed by atoms with Crippen molar-refractivity contribution >= 4 is 5.91 Å². The van der Waals surface area contributed by atoms with Crippen LogP contribution in [-0.4, -0.2) is 35.5 Å². The standard InChI is InChI=1S/C18H15F3N2O2/c19-18(20,21)15-9-12(5-7-22-15)16(24)23-8-6-17(10-23)11-25-14-4-2-1-3-13(14)17/h1-5,7,9H,6,8,10-11H2. The van der Waals surface area contributed by atoms with Crippen molar-refractivity contribution in [2.75, 3.05) is 19.7 Å². The number of amides is 1. The normalized spacial score (nSPS) is 22.1. The molecule has 2 aliphatic heterocycles. The van der Waals surface area contributed by atoms with Crippen LogP contribution in [0.1, 0.15) is 28.0 Å². The van der Waals surface area contributed by atoms with Gasteiger partial charge in [-0.1, -0.05) is 18.2 Å². The molecule has 130 valence electrons. The molecule has 7 heteroatoms. The summed E-state index contributed by atoms with van der Waals surface area (Å²) in [6, 6.07) is 9.84. The summed E-state index contributed by atoms with van der Waals surface area (Å²) in [7, 11) is 0. The number of nitrogens with zero attached hydrogens (tertiary/aromatic N) is 2. The molecule has 2 aromatic rings. The molecule has 4 nitrogen and oxygen atoms in total. The zero-order valence-electron chi connectivity index (χ0n) is 13.2. The Bertz CT molecular complexity index is 837. The molecule has 1 aromatic carbocycles. The zero-order chi connectivity index (χ0) is 17.7. The van der Waals surface area contributed by atoms with Gasteiger partial charge in [-0.3, -0.25) is 9.78 Å². The molecule has 25 heavy (non-hydrogen) atoms. The highest BCUT2D eigenvalue weighted by atomic mass is 19.4. The lowest BCUT2D eigenvalue weighted by Gasteiger charge is -2.23. The fraction of sp³-hybridized carbons (Fsp3) is 0.333. The van der Waals surface area contributed by atoms with Crippen LogP contribution in [0.2, 0.25) is 0 Å².